The fourth-order valence-corrected chi connectivity index (χ4v) is 1.47. The lowest BCUT2D eigenvalue weighted by molar-refractivity contribution is 0.0640. The van der Waals surface area contributed by atoms with Gasteiger partial charge in [0.25, 0.3) is 5.91 Å². The van der Waals surface area contributed by atoms with Crippen molar-refractivity contribution >= 4 is 5.91 Å². The summed E-state index contributed by atoms with van der Waals surface area (Å²) in [7, 11) is 1.77. The highest BCUT2D eigenvalue weighted by Crippen LogP contribution is 2.17. The maximum atomic E-state index is 12.2. The Bertz CT molecular complexity index is 399. The van der Waals surface area contributed by atoms with Gasteiger partial charge in [-0.2, -0.15) is 0 Å². The zero-order valence-corrected chi connectivity index (χ0v) is 11.6. The summed E-state index contributed by atoms with van der Waals surface area (Å²) in [5.74, 6) is 0.739. The fourth-order valence-electron chi connectivity index (χ4n) is 1.47. The van der Waals surface area contributed by atoms with E-state index in [-0.39, 0.29) is 11.4 Å². The number of benzene rings is 1. The van der Waals surface area contributed by atoms with Gasteiger partial charge in [0.05, 0.1) is 6.61 Å². The Morgan fingerprint density at radius 1 is 1.33 bits per heavy atom. The Hall–Kier alpha value is -1.55. The topological polar surface area (TPSA) is 55.6 Å². The van der Waals surface area contributed by atoms with Crippen molar-refractivity contribution in [3.05, 3.63) is 29.8 Å². The number of hydrogen-bond donors (Lipinski definition) is 1. The highest BCUT2D eigenvalue weighted by molar-refractivity contribution is 5.94. The Morgan fingerprint density at radius 2 is 1.89 bits per heavy atom. The highest BCUT2D eigenvalue weighted by Gasteiger charge is 2.26. The first kappa shape index (κ1) is 14.5. The summed E-state index contributed by atoms with van der Waals surface area (Å²) in [4.78, 5) is 13.9. The molecule has 0 saturated carbocycles. The molecule has 4 heteroatoms. The van der Waals surface area contributed by atoms with Crippen LogP contribution in [0.4, 0.5) is 0 Å². The summed E-state index contributed by atoms with van der Waals surface area (Å²) in [6.07, 6.45) is 0. The average Bonchev–Trinajstić information content (AvgIpc) is 2.38. The summed E-state index contributed by atoms with van der Waals surface area (Å²) in [5, 5.41) is 0. The minimum absolute atomic E-state index is 0.0338. The number of amides is 1. The van der Waals surface area contributed by atoms with Crippen LogP contribution in [0.2, 0.25) is 0 Å². The van der Waals surface area contributed by atoms with Gasteiger partial charge in [-0.1, -0.05) is 0 Å². The largest absolute Gasteiger partial charge is 0.494 e. The van der Waals surface area contributed by atoms with Crippen molar-refractivity contribution in [2.75, 3.05) is 20.2 Å². The third-order valence-corrected chi connectivity index (χ3v) is 3.12. The van der Waals surface area contributed by atoms with Crippen LogP contribution in [0.3, 0.4) is 0 Å². The normalized spacial score (nSPS) is 11.2. The maximum absolute atomic E-state index is 12.2. The van der Waals surface area contributed by atoms with Gasteiger partial charge < -0.3 is 15.4 Å². The lowest BCUT2D eigenvalue weighted by atomic mass is 10.0. The molecule has 0 aliphatic heterocycles. The van der Waals surface area contributed by atoms with E-state index in [1.54, 1.807) is 36.2 Å². The highest BCUT2D eigenvalue weighted by atomic mass is 16.5. The molecule has 1 rings (SSSR count). The number of nitrogens with zero attached hydrogens (tertiary/aromatic N) is 1. The SMILES string of the molecule is CCOc1ccc(C(=O)N(C)C(C)(C)CN)cc1. The molecule has 0 bridgehead atoms. The number of rotatable bonds is 5. The number of nitrogens with two attached hydrogens (primary N) is 1. The minimum atomic E-state index is -0.352. The molecule has 18 heavy (non-hydrogen) atoms. The molecule has 0 aliphatic carbocycles. The molecule has 0 spiro atoms. The maximum Gasteiger partial charge on any atom is 0.254 e. The van der Waals surface area contributed by atoms with Gasteiger partial charge in [-0.05, 0) is 45.0 Å². The summed E-state index contributed by atoms with van der Waals surface area (Å²) in [6.45, 7) is 6.86. The quantitative estimate of drug-likeness (QED) is 0.868. The molecular weight excluding hydrogens is 228 g/mol. The third kappa shape index (κ3) is 3.23. The van der Waals surface area contributed by atoms with Crippen molar-refractivity contribution in [1.29, 1.82) is 0 Å². The first-order valence-corrected chi connectivity index (χ1v) is 6.13. The third-order valence-electron chi connectivity index (χ3n) is 3.12. The van der Waals surface area contributed by atoms with Crippen LogP contribution in [-0.2, 0) is 0 Å². The standard InChI is InChI=1S/C14H22N2O2/c1-5-18-12-8-6-11(7-9-12)13(17)16(4)14(2,3)10-15/h6-9H,5,10,15H2,1-4H3. The first-order chi connectivity index (χ1) is 8.42. The van der Waals surface area contributed by atoms with E-state index in [1.165, 1.54) is 0 Å². The van der Waals surface area contributed by atoms with E-state index < -0.39 is 0 Å². The molecule has 1 amide bonds. The van der Waals surface area contributed by atoms with E-state index in [9.17, 15) is 4.79 Å². The Morgan fingerprint density at radius 3 is 2.33 bits per heavy atom. The van der Waals surface area contributed by atoms with Gasteiger partial charge in [-0.25, -0.2) is 0 Å². The molecule has 0 radical (unpaired) electrons. The summed E-state index contributed by atoms with van der Waals surface area (Å²) < 4.78 is 5.34. The summed E-state index contributed by atoms with van der Waals surface area (Å²) in [6, 6.07) is 7.16. The molecule has 4 nitrogen and oxygen atoms in total. The van der Waals surface area contributed by atoms with E-state index in [1.807, 2.05) is 20.8 Å². The smallest absolute Gasteiger partial charge is 0.254 e. The predicted octanol–water partition coefficient (Wildman–Crippen LogP) is 1.89. The molecule has 2 N–H and O–H groups in total. The monoisotopic (exact) mass is 250 g/mol. The van der Waals surface area contributed by atoms with Crippen LogP contribution in [0.5, 0.6) is 5.75 Å². The molecule has 0 atom stereocenters. The Balaban J connectivity index is 2.84. The first-order valence-electron chi connectivity index (χ1n) is 6.13. The van der Waals surface area contributed by atoms with Gasteiger partial charge in [-0.3, -0.25) is 4.79 Å². The molecule has 0 aliphatic rings. The van der Waals surface area contributed by atoms with Gasteiger partial charge in [0.15, 0.2) is 0 Å². The van der Waals surface area contributed by atoms with Crippen LogP contribution in [0.1, 0.15) is 31.1 Å². The summed E-state index contributed by atoms with van der Waals surface area (Å²) in [5.41, 5.74) is 5.96. The number of ether oxygens (including phenoxy) is 1. The lowest BCUT2D eigenvalue weighted by Gasteiger charge is -2.34. The van der Waals surface area contributed by atoms with Crippen molar-refractivity contribution in [3.63, 3.8) is 0 Å². The second-order valence-electron chi connectivity index (χ2n) is 4.84. The van der Waals surface area contributed by atoms with Crippen molar-refractivity contribution < 1.29 is 9.53 Å². The van der Waals surface area contributed by atoms with E-state index in [0.29, 0.717) is 18.7 Å². The second-order valence-corrected chi connectivity index (χ2v) is 4.84. The van der Waals surface area contributed by atoms with E-state index in [2.05, 4.69) is 0 Å². The molecule has 0 heterocycles. The van der Waals surface area contributed by atoms with E-state index >= 15 is 0 Å². The molecule has 1 aromatic rings. The van der Waals surface area contributed by atoms with Crippen LogP contribution >= 0.6 is 0 Å². The average molecular weight is 250 g/mol. The van der Waals surface area contributed by atoms with Gasteiger partial charge in [0.2, 0.25) is 0 Å². The number of carbonyl (C=O) groups is 1. The van der Waals surface area contributed by atoms with Crippen LogP contribution < -0.4 is 10.5 Å². The van der Waals surface area contributed by atoms with E-state index in [0.717, 1.165) is 5.75 Å². The van der Waals surface area contributed by atoms with Crippen LogP contribution in [0.25, 0.3) is 0 Å². The molecule has 0 unspecified atom stereocenters. The van der Waals surface area contributed by atoms with E-state index in [4.69, 9.17) is 10.5 Å². The predicted molar refractivity (Wildman–Crippen MR) is 72.8 cm³/mol. The number of likely N-dealkylation sites (N-methyl/N-ethyl adjacent to an activating group) is 1. The molecule has 0 saturated heterocycles. The van der Waals surface area contributed by atoms with Gasteiger partial charge in [0, 0.05) is 24.7 Å². The zero-order valence-electron chi connectivity index (χ0n) is 11.6. The van der Waals surface area contributed by atoms with Crippen LogP contribution in [0, 0.1) is 0 Å². The van der Waals surface area contributed by atoms with Crippen molar-refractivity contribution in [1.82, 2.24) is 4.90 Å². The molecule has 100 valence electrons. The second kappa shape index (κ2) is 5.87. The van der Waals surface area contributed by atoms with Gasteiger partial charge in [0.1, 0.15) is 5.75 Å². The van der Waals surface area contributed by atoms with Crippen molar-refractivity contribution in [2.24, 2.45) is 5.73 Å². The molecule has 1 aromatic carbocycles. The molecule has 0 aromatic heterocycles. The minimum Gasteiger partial charge on any atom is -0.494 e. The summed E-state index contributed by atoms with van der Waals surface area (Å²) >= 11 is 0. The Labute approximate surface area is 109 Å². The molecule has 0 fully saturated rings. The van der Waals surface area contributed by atoms with Gasteiger partial charge in [-0.15, -0.1) is 0 Å². The van der Waals surface area contributed by atoms with Gasteiger partial charge >= 0.3 is 0 Å². The fraction of sp³-hybridized carbons (Fsp3) is 0.500. The Kier molecular flexibility index (Phi) is 4.73. The number of hydrogen-bond acceptors (Lipinski definition) is 3. The lowest BCUT2D eigenvalue weighted by Crippen LogP contribution is -2.50. The van der Waals surface area contributed by atoms with Crippen LogP contribution in [0.15, 0.2) is 24.3 Å². The number of carbonyl (C=O) groups excluding carboxylic acids is 1. The zero-order chi connectivity index (χ0) is 13.8. The molecular formula is C14H22N2O2. The van der Waals surface area contributed by atoms with Crippen LogP contribution in [-0.4, -0.2) is 36.5 Å². The van der Waals surface area contributed by atoms with Crippen molar-refractivity contribution in [2.45, 2.75) is 26.3 Å². The van der Waals surface area contributed by atoms with Crippen molar-refractivity contribution in [3.8, 4) is 5.75 Å².